The van der Waals surface area contributed by atoms with Gasteiger partial charge in [-0.25, -0.2) is 9.59 Å². The summed E-state index contributed by atoms with van der Waals surface area (Å²) in [4.78, 5) is 96.3. The Labute approximate surface area is 382 Å². The van der Waals surface area contributed by atoms with Crippen molar-refractivity contribution in [3.05, 3.63) is 142 Å². The molecule has 0 spiro atoms. The van der Waals surface area contributed by atoms with Gasteiger partial charge in [-0.1, -0.05) is 18.2 Å². The number of rotatable bonds is 10. The third-order valence-corrected chi connectivity index (χ3v) is 12.4. The van der Waals surface area contributed by atoms with E-state index in [1.165, 1.54) is 43.6 Å². The van der Waals surface area contributed by atoms with Crippen LogP contribution in [0.5, 0.6) is 23.0 Å². The van der Waals surface area contributed by atoms with Crippen molar-refractivity contribution in [1.82, 2.24) is 33.1 Å². The Balaban J connectivity index is 0.891. The maximum Gasteiger partial charge on any atom is 0.330 e. The van der Waals surface area contributed by atoms with E-state index < -0.39 is 28.5 Å². The van der Waals surface area contributed by atoms with Crippen LogP contribution in [0.2, 0.25) is 0 Å². The highest BCUT2D eigenvalue weighted by molar-refractivity contribution is 6.04. The smallest absolute Gasteiger partial charge is 0.330 e. The number of hydrogen-bond acceptors (Lipinski definition) is 13. The Hall–Kier alpha value is -8.09. The average molecular weight is 910 g/mol. The lowest BCUT2D eigenvalue weighted by atomic mass is 9.95. The van der Waals surface area contributed by atoms with Gasteiger partial charge in [-0.2, -0.15) is 0 Å². The van der Waals surface area contributed by atoms with E-state index in [1.54, 1.807) is 78.9 Å². The fourth-order valence-electron chi connectivity index (χ4n) is 8.77. The van der Waals surface area contributed by atoms with Crippen LogP contribution >= 0.6 is 0 Å². The summed E-state index contributed by atoms with van der Waals surface area (Å²) in [6.07, 6.45) is 11.0. The number of aliphatic imine (C=N–C) groups is 2. The number of nitrogens with zero attached hydrogens (tertiary/aromatic N) is 9. The molecule has 2 aromatic carbocycles. The quantitative estimate of drug-likeness (QED) is 0.199. The number of fused-ring (bicyclic) bond motifs is 5. The largest absolute Gasteiger partial charge is 0.493 e. The van der Waals surface area contributed by atoms with Crippen LogP contribution in [0.1, 0.15) is 56.1 Å². The Morgan fingerprint density at radius 3 is 1.70 bits per heavy atom. The van der Waals surface area contributed by atoms with Crippen LogP contribution in [0.3, 0.4) is 0 Å². The van der Waals surface area contributed by atoms with E-state index in [-0.39, 0.29) is 44.0 Å². The summed E-state index contributed by atoms with van der Waals surface area (Å²) in [6.45, 7) is 0.966. The minimum absolute atomic E-state index is 0.0431. The predicted molar refractivity (Wildman–Crippen MR) is 248 cm³/mol. The van der Waals surface area contributed by atoms with Crippen LogP contribution in [-0.4, -0.2) is 97.2 Å². The molecular formula is C48H47N9O10. The van der Waals surface area contributed by atoms with Gasteiger partial charge in [0.25, 0.3) is 22.9 Å². The zero-order valence-corrected chi connectivity index (χ0v) is 37.7. The molecule has 4 aliphatic heterocycles. The fraction of sp³-hybridized carbons (Fsp3) is 0.312. The van der Waals surface area contributed by atoms with Gasteiger partial charge in [0.15, 0.2) is 23.0 Å². The highest BCUT2D eigenvalue weighted by Crippen LogP contribution is 2.40. The maximum atomic E-state index is 14.0. The predicted octanol–water partition coefficient (Wildman–Crippen LogP) is 3.33. The zero-order chi connectivity index (χ0) is 47.3. The molecule has 0 fully saturated rings. The minimum atomic E-state index is -0.440. The Bertz CT molecular complexity index is 3260. The minimum Gasteiger partial charge on any atom is -0.493 e. The zero-order valence-electron chi connectivity index (χ0n) is 37.7. The highest BCUT2D eigenvalue weighted by atomic mass is 16.5. The normalized spacial score (nSPS) is 17.5. The molecule has 2 unspecified atom stereocenters. The van der Waals surface area contributed by atoms with E-state index in [2.05, 4.69) is 0 Å². The van der Waals surface area contributed by atoms with Crippen molar-refractivity contribution in [2.75, 3.05) is 33.9 Å². The fourth-order valence-corrected chi connectivity index (χ4v) is 8.77. The van der Waals surface area contributed by atoms with Gasteiger partial charge in [0, 0.05) is 90.7 Å². The summed E-state index contributed by atoms with van der Waals surface area (Å²) in [6, 6.07) is 11.5. The van der Waals surface area contributed by atoms with Gasteiger partial charge < -0.3 is 37.9 Å². The van der Waals surface area contributed by atoms with Gasteiger partial charge in [0.05, 0.1) is 65.3 Å². The molecule has 0 saturated carbocycles. The molecule has 5 aromatic rings. The van der Waals surface area contributed by atoms with E-state index in [1.807, 2.05) is 18.2 Å². The first-order valence-corrected chi connectivity index (χ1v) is 21.5. The summed E-state index contributed by atoms with van der Waals surface area (Å²) in [5.41, 5.74) is 3.24. The van der Waals surface area contributed by atoms with Gasteiger partial charge in [-0.15, -0.1) is 0 Å². The van der Waals surface area contributed by atoms with Crippen molar-refractivity contribution >= 4 is 46.8 Å². The average Bonchev–Trinajstić information content (AvgIpc) is 3.64. The number of methoxy groups -OCH3 is 2. The molecule has 2 atom stereocenters. The van der Waals surface area contributed by atoms with Gasteiger partial charge in [-0.05, 0) is 48.3 Å². The van der Waals surface area contributed by atoms with Crippen LogP contribution in [0.25, 0.3) is 11.1 Å². The standard InChI is InChI=1S/C48H47N9O10/c1-52-23-35(43(58)54(3)47(52)62)28-10-12-56-22-27(14-28)20-49-37-18-41(39(64-5)16-33(37)45(56)60)66-25-30-8-7-9-31(51-30)26-67-42-19-38-34(17-40(42)65-6)46(61)57-13-11-29(15-32(57)21-50-38)36-24-53(2)48(63)55(4)44(36)59/h7-11,16-21,23-24,27,32H,12-15,22,25-26H2,1-6H3. The highest BCUT2D eigenvalue weighted by Gasteiger charge is 2.34. The molecule has 0 radical (unpaired) electrons. The van der Waals surface area contributed by atoms with E-state index >= 15 is 0 Å². The summed E-state index contributed by atoms with van der Waals surface area (Å²) < 4.78 is 28.7. The number of ether oxygens (including phenoxy) is 4. The number of carbonyl (C=O) groups is 2. The van der Waals surface area contributed by atoms with Crippen LogP contribution in [0.15, 0.2) is 96.2 Å². The molecule has 7 heterocycles. The van der Waals surface area contributed by atoms with Gasteiger partial charge in [0.2, 0.25) is 0 Å². The molecule has 4 aliphatic rings. The lowest BCUT2D eigenvalue weighted by molar-refractivity contribution is 0.0745. The van der Waals surface area contributed by atoms with Crippen LogP contribution in [0, 0.1) is 5.92 Å². The molecule has 344 valence electrons. The third-order valence-electron chi connectivity index (χ3n) is 12.4. The summed E-state index contributed by atoms with van der Waals surface area (Å²) in [5.74, 6) is 0.655. The third kappa shape index (κ3) is 8.27. The van der Waals surface area contributed by atoms with Gasteiger partial charge in [0.1, 0.15) is 13.2 Å². The van der Waals surface area contributed by atoms with Crippen molar-refractivity contribution < 1.29 is 28.5 Å². The molecule has 19 nitrogen and oxygen atoms in total. The Morgan fingerprint density at radius 1 is 0.612 bits per heavy atom. The summed E-state index contributed by atoms with van der Waals surface area (Å²) >= 11 is 0. The lowest BCUT2D eigenvalue weighted by Crippen LogP contribution is -2.44. The molecule has 19 heteroatoms. The monoisotopic (exact) mass is 909 g/mol. The molecule has 2 bridgehead atoms. The molecule has 0 aliphatic carbocycles. The second-order valence-electron chi connectivity index (χ2n) is 16.8. The second-order valence-corrected chi connectivity index (χ2v) is 16.8. The van der Waals surface area contributed by atoms with E-state index in [0.29, 0.717) is 87.4 Å². The number of allylic oxidation sites excluding steroid dienone is 1. The molecule has 2 amide bonds. The number of carbonyl (C=O) groups excluding carboxylic acids is 2. The number of aryl methyl sites for hydroxylation is 2. The first-order valence-electron chi connectivity index (χ1n) is 21.5. The van der Waals surface area contributed by atoms with E-state index in [4.69, 9.17) is 33.9 Å². The number of benzene rings is 2. The number of amides is 2. The van der Waals surface area contributed by atoms with Crippen LogP contribution < -0.4 is 41.4 Å². The van der Waals surface area contributed by atoms with Crippen LogP contribution in [-0.2, 0) is 41.4 Å². The SMILES string of the molecule is COc1cc2c(cc1OCc1cccc(COc3cc4c(cc3OC)C(=O)N3CC=C(c5cn(C)c(=O)n(C)c5=O)CC3C=N4)n1)N=CC1CC(c3cn(C)c(=O)n(C)c3=O)=CCN(C1)C2=O. The Kier molecular flexibility index (Phi) is 11.7. The van der Waals surface area contributed by atoms with Gasteiger partial charge in [-0.3, -0.25) is 43.3 Å². The lowest BCUT2D eigenvalue weighted by Gasteiger charge is -2.32. The molecule has 0 N–H and O–H groups in total. The summed E-state index contributed by atoms with van der Waals surface area (Å²) in [5, 5.41) is 0. The van der Waals surface area contributed by atoms with Gasteiger partial charge >= 0.3 is 11.4 Å². The molecule has 67 heavy (non-hydrogen) atoms. The van der Waals surface area contributed by atoms with Crippen molar-refractivity contribution in [3.8, 4) is 23.0 Å². The number of pyridine rings is 1. The molecule has 9 rings (SSSR count). The van der Waals surface area contributed by atoms with Crippen LogP contribution in [0.4, 0.5) is 11.4 Å². The number of aromatic nitrogens is 5. The molecule has 0 saturated heterocycles. The van der Waals surface area contributed by atoms with Crippen molar-refractivity contribution in [1.29, 1.82) is 0 Å². The van der Waals surface area contributed by atoms with Crippen molar-refractivity contribution in [2.24, 2.45) is 44.1 Å². The Morgan fingerprint density at radius 2 is 1.13 bits per heavy atom. The van der Waals surface area contributed by atoms with E-state index in [9.17, 15) is 28.8 Å². The summed E-state index contributed by atoms with van der Waals surface area (Å²) in [7, 11) is 9.05. The number of hydrogen-bond donors (Lipinski definition) is 0. The maximum absolute atomic E-state index is 14.0. The first kappa shape index (κ1) is 44.1. The molecule has 3 aromatic heterocycles. The van der Waals surface area contributed by atoms with E-state index in [0.717, 1.165) is 20.3 Å². The molecular weight excluding hydrogens is 863 g/mol. The first-order chi connectivity index (χ1) is 32.2. The van der Waals surface area contributed by atoms with Crippen molar-refractivity contribution in [3.63, 3.8) is 0 Å². The second kappa shape index (κ2) is 17.7. The van der Waals surface area contributed by atoms with Crippen molar-refractivity contribution in [2.45, 2.75) is 32.1 Å². The topological polar surface area (TPSA) is 203 Å².